The van der Waals surface area contributed by atoms with Gasteiger partial charge in [0.15, 0.2) is 5.76 Å². The van der Waals surface area contributed by atoms with Crippen LogP contribution < -0.4 is 5.32 Å². The van der Waals surface area contributed by atoms with Gasteiger partial charge in [-0.2, -0.15) is 0 Å². The highest BCUT2D eigenvalue weighted by molar-refractivity contribution is 9.10. The van der Waals surface area contributed by atoms with Crippen LogP contribution in [-0.2, 0) is 4.79 Å². The maximum absolute atomic E-state index is 12.1. The third kappa shape index (κ3) is 3.85. The summed E-state index contributed by atoms with van der Waals surface area (Å²) < 4.78 is 6.32. The van der Waals surface area contributed by atoms with Crippen LogP contribution in [0.25, 0.3) is 11.0 Å². The van der Waals surface area contributed by atoms with Crippen LogP contribution in [0, 0.1) is 5.92 Å². The molecule has 0 saturated heterocycles. The van der Waals surface area contributed by atoms with Crippen LogP contribution in [0.4, 0.5) is 0 Å². The number of fused-ring (bicyclic) bond motifs is 1. The van der Waals surface area contributed by atoms with E-state index in [2.05, 4.69) is 21.2 Å². The van der Waals surface area contributed by atoms with Crippen molar-refractivity contribution in [2.24, 2.45) is 5.92 Å². The van der Waals surface area contributed by atoms with Crippen molar-refractivity contribution in [1.82, 2.24) is 5.32 Å². The molecule has 6 heteroatoms. The molecule has 2 aromatic rings. The average Bonchev–Trinajstić information content (AvgIpc) is 2.88. The first kappa shape index (κ1) is 15.6. The Morgan fingerprint density at radius 3 is 2.81 bits per heavy atom. The van der Waals surface area contributed by atoms with Crippen LogP contribution in [0.2, 0.25) is 0 Å². The molecule has 112 valence electrons. The van der Waals surface area contributed by atoms with E-state index in [0.717, 1.165) is 9.86 Å². The number of amides is 1. The number of benzene rings is 1. The average molecular weight is 354 g/mol. The topological polar surface area (TPSA) is 79.5 Å². The van der Waals surface area contributed by atoms with Crippen molar-refractivity contribution in [2.75, 3.05) is 6.54 Å². The zero-order chi connectivity index (χ0) is 15.4. The lowest BCUT2D eigenvalue weighted by Crippen LogP contribution is -2.29. The Labute approximate surface area is 130 Å². The third-order valence-electron chi connectivity index (χ3n) is 3.31. The van der Waals surface area contributed by atoms with Crippen molar-refractivity contribution in [1.29, 1.82) is 0 Å². The Kier molecular flexibility index (Phi) is 5.01. The molecule has 1 heterocycles. The van der Waals surface area contributed by atoms with Crippen LogP contribution in [0.5, 0.6) is 0 Å². The summed E-state index contributed by atoms with van der Waals surface area (Å²) in [7, 11) is 0. The molecule has 2 N–H and O–H groups in total. The second-order valence-electron chi connectivity index (χ2n) is 4.85. The standard InChI is InChI=1S/C15H16BrNO4/c1-2-9(6-13(18)19)8-17-15(20)12-7-10-4-3-5-11(16)14(10)21-12/h3-5,7,9H,2,6,8H2,1H3,(H,17,20)(H,18,19). The van der Waals surface area contributed by atoms with Gasteiger partial charge in [0.05, 0.1) is 4.47 Å². The van der Waals surface area contributed by atoms with E-state index in [0.29, 0.717) is 18.5 Å². The van der Waals surface area contributed by atoms with Crippen LogP contribution in [0.1, 0.15) is 30.3 Å². The number of halogens is 1. The molecular formula is C15H16BrNO4. The van der Waals surface area contributed by atoms with Crippen LogP contribution in [0.15, 0.2) is 33.2 Å². The molecule has 0 spiro atoms. The number of rotatable bonds is 6. The minimum Gasteiger partial charge on any atom is -0.481 e. The highest BCUT2D eigenvalue weighted by atomic mass is 79.9. The molecule has 0 fully saturated rings. The van der Waals surface area contributed by atoms with Gasteiger partial charge >= 0.3 is 5.97 Å². The summed E-state index contributed by atoms with van der Waals surface area (Å²) in [6.45, 7) is 2.22. The van der Waals surface area contributed by atoms with Crippen molar-refractivity contribution in [3.8, 4) is 0 Å². The molecule has 1 amide bonds. The molecule has 0 bridgehead atoms. The smallest absolute Gasteiger partial charge is 0.303 e. The Bertz CT molecular complexity index is 665. The number of nitrogens with one attached hydrogen (secondary N) is 1. The van der Waals surface area contributed by atoms with Gasteiger partial charge in [0.25, 0.3) is 5.91 Å². The fourth-order valence-electron chi connectivity index (χ4n) is 2.07. The second kappa shape index (κ2) is 6.76. The summed E-state index contributed by atoms with van der Waals surface area (Å²) in [4.78, 5) is 22.8. The predicted octanol–water partition coefficient (Wildman–Crippen LogP) is 3.43. The molecular weight excluding hydrogens is 338 g/mol. The van der Waals surface area contributed by atoms with E-state index in [1.165, 1.54) is 0 Å². The lowest BCUT2D eigenvalue weighted by molar-refractivity contribution is -0.138. The normalized spacial score (nSPS) is 12.3. The molecule has 0 aliphatic rings. The molecule has 1 unspecified atom stereocenters. The number of hydrogen-bond donors (Lipinski definition) is 2. The van der Waals surface area contributed by atoms with E-state index in [1.807, 2.05) is 25.1 Å². The first-order chi connectivity index (χ1) is 10.0. The molecule has 0 radical (unpaired) electrons. The molecule has 0 aliphatic heterocycles. The van der Waals surface area contributed by atoms with Gasteiger partial charge in [-0.15, -0.1) is 0 Å². The summed E-state index contributed by atoms with van der Waals surface area (Å²) in [5, 5.41) is 12.4. The number of carbonyl (C=O) groups is 2. The molecule has 5 nitrogen and oxygen atoms in total. The Morgan fingerprint density at radius 2 is 2.19 bits per heavy atom. The first-order valence-electron chi connectivity index (χ1n) is 6.69. The van der Waals surface area contributed by atoms with E-state index in [9.17, 15) is 9.59 Å². The van der Waals surface area contributed by atoms with Gasteiger partial charge in [-0.3, -0.25) is 9.59 Å². The monoisotopic (exact) mass is 353 g/mol. The quantitative estimate of drug-likeness (QED) is 0.833. The zero-order valence-corrected chi connectivity index (χ0v) is 13.1. The van der Waals surface area contributed by atoms with E-state index >= 15 is 0 Å². The minimum atomic E-state index is -0.858. The molecule has 2 rings (SSSR count). The Hall–Kier alpha value is -1.82. The Morgan fingerprint density at radius 1 is 1.43 bits per heavy atom. The zero-order valence-electron chi connectivity index (χ0n) is 11.6. The summed E-state index contributed by atoms with van der Waals surface area (Å²) in [6.07, 6.45) is 0.737. The van der Waals surface area contributed by atoms with Gasteiger partial charge in [0.1, 0.15) is 5.58 Å². The largest absolute Gasteiger partial charge is 0.481 e. The predicted molar refractivity (Wildman–Crippen MR) is 82.3 cm³/mol. The molecule has 21 heavy (non-hydrogen) atoms. The lowest BCUT2D eigenvalue weighted by Gasteiger charge is -2.12. The van der Waals surface area contributed by atoms with E-state index in [1.54, 1.807) is 6.07 Å². The van der Waals surface area contributed by atoms with Crippen LogP contribution in [0.3, 0.4) is 0 Å². The van der Waals surface area contributed by atoms with Crippen LogP contribution in [-0.4, -0.2) is 23.5 Å². The van der Waals surface area contributed by atoms with Crippen molar-refractivity contribution in [3.63, 3.8) is 0 Å². The first-order valence-corrected chi connectivity index (χ1v) is 7.48. The maximum Gasteiger partial charge on any atom is 0.303 e. The maximum atomic E-state index is 12.1. The van der Waals surface area contributed by atoms with Crippen molar-refractivity contribution < 1.29 is 19.1 Å². The third-order valence-corrected chi connectivity index (χ3v) is 3.94. The molecule has 0 saturated carbocycles. The SMILES string of the molecule is CCC(CNC(=O)c1cc2cccc(Br)c2o1)CC(=O)O. The number of aliphatic carboxylic acids is 1. The number of furan rings is 1. The number of para-hydroxylation sites is 1. The molecule has 1 atom stereocenters. The van der Waals surface area contributed by atoms with Gasteiger partial charge in [-0.25, -0.2) is 0 Å². The molecule has 1 aromatic heterocycles. The van der Waals surface area contributed by atoms with Gasteiger partial charge < -0.3 is 14.8 Å². The highest BCUT2D eigenvalue weighted by Crippen LogP contribution is 2.26. The van der Waals surface area contributed by atoms with Crippen molar-refractivity contribution in [3.05, 3.63) is 34.5 Å². The highest BCUT2D eigenvalue weighted by Gasteiger charge is 2.16. The molecule has 1 aromatic carbocycles. The molecule has 0 aliphatic carbocycles. The van der Waals surface area contributed by atoms with Gasteiger partial charge in [-0.1, -0.05) is 25.5 Å². The summed E-state index contributed by atoms with van der Waals surface area (Å²) >= 11 is 3.37. The van der Waals surface area contributed by atoms with E-state index in [-0.39, 0.29) is 24.0 Å². The second-order valence-corrected chi connectivity index (χ2v) is 5.71. The van der Waals surface area contributed by atoms with Crippen molar-refractivity contribution >= 4 is 38.8 Å². The minimum absolute atomic E-state index is 0.0441. The summed E-state index contributed by atoms with van der Waals surface area (Å²) in [5.74, 6) is -1.05. The van der Waals surface area contributed by atoms with E-state index < -0.39 is 5.97 Å². The van der Waals surface area contributed by atoms with E-state index in [4.69, 9.17) is 9.52 Å². The number of carboxylic acid groups (broad SMARTS) is 1. The van der Waals surface area contributed by atoms with Crippen molar-refractivity contribution in [2.45, 2.75) is 19.8 Å². The number of carboxylic acids is 1. The van der Waals surface area contributed by atoms with Gasteiger partial charge in [0.2, 0.25) is 0 Å². The summed E-state index contributed by atoms with van der Waals surface area (Å²) in [6, 6.07) is 7.24. The van der Waals surface area contributed by atoms with Gasteiger partial charge in [0, 0.05) is 18.4 Å². The summed E-state index contributed by atoms with van der Waals surface area (Å²) in [5.41, 5.74) is 0.625. The fourth-order valence-corrected chi connectivity index (χ4v) is 2.53. The Balaban J connectivity index is 2.05. The number of hydrogen-bond acceptors (Lipinski definition) is 3. The lowest BCUT2D eigenvalue weighted by atomic mass is 10.0. The fraction of sp³-hybridized carbons (Fsp3) is 0.333. The number of carbonyl (C=O) groups excluding carboxylic acids is 1. The van der Waals surface area contributed by atoms with Gasteiger partial charge in [-0.05, 0) is 34.0 Å². The van der Waals surface area contributed by atoms with Crippen LogP contribution >= 0.6 is 15.9 Å².